The quantitative estimate of drug-likeness (QED) is 0.836. The van der Waals surface area contributed by atoms with Crippen LogP contribution in [0.5, 0.6) is 0 Å². The fourth-order valence-electron chi connectivity index (χ4n) is 2.08. The van der Waals surface area contributed by atoms with E-state index in [-0.39, 0.29) is 11.5 Å². The highest BCUT2D eigenvalue weighted by Crippen LogP contribution is 2.22. The molecule has 2 rings (SSSR count). The lowest BCUT2D eigenvalue weighted by molar-refractivity contribution is -0.0897. The number of carbonyl (C=O) groups excluding carboxylic acids is 1. The van der Waals surface area contributed by atoms with Crippen LogP contribution in [0.25, 0.3) is 0 Å². The summed E-state index contributed by atoms with van der Waals surface area (Å²) in [4.78, 5) is 17.1. The minimum atomic E-state index is -0.242. The Labute approximate surface area is 112 Å². The standard InChI is InChI=1S/C13H18N2O2S/c1-3-13(2)9-15(7-8-17-13)12(16)10-5-4-6-14-11(10)18/h4-6H,3,7-9H2,1-2H3,(H,14,18)/t13-/m1/s1. The molecule has 0 bridgehead atoms. The minimum Gasteiger partial charge on any atom is -0.372 e. The Morgan fingerprint density at radius 3 is 3.11 bits per heavy atom. The van der Waals surface area contributed by atoms with Crippen molar-refractivity contribution in [1.29, 1.82) is 0 Å². The van der Waals surface area contributed by atoms with Crippen LogP contribution in [-0.4, -0.2) is 41.1 Å². The normalized spacial score (nSPS) is 24.0. The number of carbonyl (C=O) groups is 1. The molecule has 0 aliphatic carbocycles. The number of nitrogens with zero attached hydrogens (tertiary/aromatic N) is 1. The lowest BCUT2D eigenvalue weighted by atomic mass is 10.0. The van der Waals surface area contributed by atoms with Gasteiger partial charge in [-0.1, -0.05) is 19.1 Å². The Morgan fingerprint density at radius 2 is 2.44 bits per heavy atom. The second-order valence-corrected chi connectivity index (χ2v) is 5.20. The first-order valence-corrected chi connectivity index (χ1v) is 6.57. The van der Waals surface area contributed by atoms with Crippen LogP contribution in [0.1, 0.15) is 30.6 Å². The van der Waals surface area contributed by atoms with Gasteiger partial charge < -0.3 is 14.6 Å². The highest BCUT2D eigenvalue weighted by molar-refractivity contribution is 7.71. The van der Waals surface area contributed by atoms with Crippen LogP contribution in [0, 0.1) is 4.64 Å². The zero-order valence-corrected chi connectivity index (χ0v) is 11.5. The molecule has 1 atom stereocenters. The van der Waals surface area contributed by atoms with E-state index in [1.54, 1.807) is 18.3 Å². The Bertz CT molecular complexity index is 500. The zero-order chi connectivity index (χ0) is 13.2. The SMILES string of the molecule is CC[C@]1(C)CN(C(=O)c2ccc[nH]c2=S)CCO1. The third-order valence-corrected chi connectivity index (χ3v) is 3.76. The lowest BCUT2D eigenvalue weighted by Crippen LogP contribution is -2.51. The summed E-state index contributed by atoms with van der Waals surface area (Å²) in [6, 6.07) is 3.56. The summed E-state index contributed by atoms with van der Waals surface area (Å²) < 4.78 is 6.23. The molecule has 0 saturated carbocycles. The van der Waals surface area contributed by atoms with Crippen molar-refractivity contribution in [3.63, 3.8) is 0 Å². The van der Waals surface area contributed by atoms with Crippen molar-refractivity contribution >= 4 is 18.1 Å². The average molecular weight is 266 g/mol. The van der Waals surface area contributed by atoms with Crippen LogP contribution in [0.4, 0.5) is 0 Å². The fourth-order valence-corrected chi connectivity index (χ4v) is 2.30. The number of pyridine rings is 1. The van der Waals surface area contributed by atoms with Gasteiger partial charge in [0, 0.05) is 19.3 Å². The molecule has 1 N–H and O–H groups in total. The van der Waals surface area contributed by atoms with Crippen LogP contribution in [0.2, 0.25) is 0 Å². The monoisotopic (exact) mass is 266 g/mol. The first-order chi connectivity index (χ1) is 8.56. The first kappa shape index (κ1) is 13.2. The van der Waals surface area contributed by atoms with Crippen LogP contribution in [-0.2, 0) is 4.74 Å². The molecule has 0 unspecified atom stereocenters. The number of rotatable bonds is 2. The van der Waals surface area contributed by atoms with E-state index in [2.05, 4.69) is 11.9 Å². The Balaban J connectivity index is 2.20. The number of H-pyrrole nitrogens is 1. The van der Waals surface area contributed by atoms with E-state index < -0.39 is 0 Å². The van der Waals surface area contributed by atoms with Gasteiger partial charge in [0.25, 0.3) is 5.91 Å². The van der Waals surface area contributed by atoms with Gasteiger partial charge in [-0.25, -0.2) is 0 Å². The van der Waals surface area contributed by atoms with E-state index in [4.69, 9.17) is 17.0 Å². The third kappa shape index (κ3) is 2.62. The van der Waals surface area contributed by atoms with Crippen molar-refractivity contribution in [2.75, 3.05) is 19.7 Å². The van der Waals surface area contributed by atoms with Crippen molar-refractivity contribution < 1.29 is 9.53 Å². The van der Waals surface area contributed by atoms with E-state index in [0.29, 0.717) is 29.9 Å². The molecule has 1 aromatic heterocycles. The van der Waals surface area contributed by atoms with E-state index in [9.17, 15) is 4.79 Å². The largest absolute Gasteiger partial charge is 0.372 e. The third-order valence-electron chi connectivity index (χ3n) is 3.42. The molecule has 1 fully saturated rings. The number of amides is 1. The first-order valence-electron chi connectivity index (χ1n) is 6.17. The molecule has 0 aromatic carbocycles. The molecule has 0 radical (unpaired) electrons. The van der Waals surface area contributed by atoms with Gasteiger partial charge in [0.05, 0.1) is 17.8 Å². The van der Waals surface area contributed by atoms with Gasteiger partial charge in [-0.2, -0.15) is 0 Å². The fraction of sp³-hybridized carbons (Fsp3) is 0.538. The summed E-state index contributed by atoms with van der Waals surface area (Å²) in [5.41, 5.74) is 0.321. The topological polar surface area (TPSA) is 45.3 Å². The smallest absolute Gasteiger partial charge is 0.257 e. The lowest BCUT2D eigenvalue weighted by Gasteiger charge is -2.40. The number of nitrogens with one attached hydrogen (secondary N) is 1. The van der Waals surface area contributed by atoms with Crippen LogP contribution < -0.4 is 0 Å². The van der Waals surface area contributed by atoms with Crippen molar-refractivity contribution in [1.82, 2.24) is 9.88 Å². The average Bonchev–Trinajstić information content (AvgIpc) is 2.39. The van der Waals surface area contributed by atoms with E-state index in [0.717, 1.165) is 6.42 Å². The van der Waals surface area contributed by atoms with Gasteiger partial charge in [0.1, 0.15) is 4.64 Å². The highest BCUT2D eigenvalue weighted by atomic mass is 32.1. The van der Waals surface area contributed by atoms with Crippen molar-refractivity contribution in [3.05, 3.63) is 28.5 Å². The molecule has 98 valence electrons. The number of morpholine rings is 1. The van der Waals surface area contributed by atoms with E-state index in [1.165, 1.54) is 0 Å². The second-order valence-electron chi connectivity index (χ2n) is 4.79. The predicted octanol–water partition coefficient (Wildman–Crippen LogP) is 2.39. The van der Waals surface area contributed by atoms with E-state index in [1.807, 2.05) is 11.8 Å². The molecule has 1 saturated heterocycles. The summed E-state index contributed by atoms with van der Waals surface area (Å²) in [5, 5.41) is 0. The maximum atomic E-state index is 12.4. The van der Waals surface area contributed by atoms with Gasteiger partial charge in [0.15, 0.2) is 0 Å². The Hall–Kier alpha value is -1.20. The molecule has 1 amide bonds. The molecule has 1 aliphatic rings. The number of aromatic nitrogens is 1. The van der Waals surface area contributed by atoms with Crippen molar-refractivity contribution in [3.8, 4) is 0 Å². The number of ether oxygens (including phenoxy) is 1. The van der Waals surface area contributed by atoms with Gasteiger partial charge in [-0.3, -0.25) is 4.79 Å². The number of aromatic amines is 1. The predicted molar refractivity (Wildman–Crippen MR) is 72.2 cm³/mol. The maximum absolute atomic E-state index is 12.4. The number of hydrogen-bond donors (Lipinski definition) is 1. The van der Waals surface area contributed by atoms with Gasteiger partial charge >= 0.3 is 0 Å². The summed E-state index contributed by atoms with van der Waals surface area (Å²) in [7, 11) is 0. The summed E-state index contributed by atoms with van der Waals surface area (Å²) in [5.74, 6) is -0.0141. The molecule has 1 aliphatic heterocycles. The molecule has 2 heterocycles. The highest BCUT2D eigenvalue weighted by Gasteiger charge is 2.33. The molecule has 5 heteroatoms. The molecular formula is C13H18N2O2S. The molecule has 4 nitrogen and oxygen atoms in total. The van der Waals surface area contributed by atoms with Crippen LogP contribution in [0.15, 0.2) is 18.3 Å². The number of hydrogen-bond acceptors (Lipinski definition) is 3. The Kier molecular flexibility index (Phi) is 3.82. The van der Waals surface area contributed by atoms with E-state index >= 15 is 0 Å². The van der Waals surface area contributed by atoms with Crippen LogP contribution in [0.3, 0.4) is 0 Å². The summed E-state index contributed by atoms with van der Waals surface area (Å²) in [6.07, 6.45) is 2.62. The summed E-state index contributed by atoms with van der Waals surface area (Å²) in [6.45, 7) is 5.93. The van der Waals surface area contributed by atoms with Gasteiger partial charge in [-0.15, -0.1) is 0 Å². The zero-order valence-electron chi connectivity index (χ0n) is 10.7. The maximum Gasteiger partial charge on any atom is 0.257 e. The molecule has 1 aromatic rings. The molecule has 0 spiro atoms. The van der Waals surface area contributed by atoms with Crippen LogP contribution >= 0.6 is 12.2 Å². The molecule has 18 heavy (non-hydrogen) atoms. The van der Waals surface area contributed by atoms with Crippen molar-refractivity contribution in [2.24, 2.45) is 0 Å². The van der Waals surface area contributed by atoms with Gasteiger partial charge in [-0.05, 0) is 25.5 Å². The minimum absolute atomic E-state index is 0.0141. The second kappa shape index (κ2) is 5.20. The molecular weight excluding hydrogens is 248 g/mol. The van der Waals surface area contributed by atoms with Crippen molar-refractivity contribution in [2.45, 2.75) is 25.9 Å². The summed E-state index contributed by atoms with van der Waals surface area (Å²) >= 11 is 5.15. The Morgan fingerprint density at radius 1 is 1.67 bits per heavy atom. The van der Waals surface area contributed by atoms with Gasteiger partial charge in [0.2, 0.25) is 0 Å².